The molecule has 3 rings (SSSR count). The second-order valence-electron chi connectivity index (χ2n) is 4.78. The number of imidazole rings is 1. The first kappa shape index (κ1) is 21.0. The lowest BCUT2D eigenvalue weighted by Crippen LogP contribution is -2.23. The highest BCUT2D eigenvalue weighted by molar-refractivity contribution is 7.99. The van der Waals surface area contributed by atoms with Gasteiger partial charge in [-0.1, -0.05) is 12.1 Å². The van der Waals surface area contributed by atoms with E-state index in [1.165, 1.54) is 6.08 Å². The predicted octanol–water partition coefficient (Wildman–Crippen LogP) is 3.49. The summed E-state index contributed by atoms with van der Waals surface area (Å²) in [5.41, 5.74) is 1.84. The number of fused-ring (bicyclic) bond motifs is 1. The Bertz CT molecular complexity index is 824. The molecule has 3 aromatic rings. The van der Waals surface area contributed by atoms with Crippen LogP contribution >= 0.6 is 36.6 Å². The van der Waals surface area contributed by atoms with Crippen LogP contribution in [0.3, 0.4) is 0 Å². The quantitative estimate of drug-likeness (QED) is 0.393. The van der Waals surface area contributed by atoms with Crippen LogP contribution < -0.4 is 5.32 Å². The summed E-state index contributed by atoms with van der Waals surface area (Å²) in [5.74, 6) is 0.694. The second kappa shape index (κ2) is 10.8. The van der Waals surface area contributed by atoms with Gasteiger partial charge < -0.3 is 5.32 Å². The lowest BCUT2D eigenvalue weighted by molar-refractivity contribution is -0.116. The van der Waals surface area contributed by atoms with Crippen LogP contribution in [0.25, 0.3) is 11.7 Å². The average molecular weight is 397 g/mol. The van der Waals surface area contributed by atoms with Crippen molar-refractivity contribution in [3.05, 3.63) is 66.8 Å². The van der Waals surface area contributed by atoms with Crippen LogP contribution in [0.5, 0.6) is 0 Å². The van der Waals surface area contributed by atoms with E-state index in [9.17, 15) is 4.79 Å². The molecule has 0 unspecified atom stereocenters. The van der Waals surface area contributed by atoms with Gasteiger partial charge in [0.05, 0.1) is 5.03 Å². The van der Waals surface area contributed by atoms with Gasteiger partial charge in [-0.15, -0.1) is 36.6 Å². The summed E-state index contributed by atoms with van der Waals surface area (Å²) in [6.07, 6.45) is 10.4. The zero-order valence-corrected chi connectivity index (χ0v) is 15.7. The normalized spacial score (nSPS) is 10.2. The Hall–Kier alpha value is -2.02. The number of hydrogen-bond donors (Lipinski definition) is 1. The third kappa shape index (κ3) is 6.08. The van der Waals surface area contributed by atoms with E-state index >= 15 is 0 Å². The molecule has 0 saturated heterocycles. The molecule has 8 heteroatoms. The maximum Gasteiger partial charge on any atom is 0.244 e. The largest absolute Gasteiger partial charge is 0.352 e. The monoisotopic (exact) mass is 396 g/mol. The minimum atomic E-state index is -0.102. The summed E-state index contributed by atoms with van der Waals surface area (Å²) in [5, 5.41) is 3.98. The van der Waals surface area contributed by atoms with Gasteiger partial charge in [-0.25, -0.2) is 4.98 Å². The van der Waals surface area contributed by atoms with Crippen molar-refractivity contribution in [3.63, 3.8) is 0 Å². The van der Waals surface area contributed by atoms with Gasteiger partial charge in [0.15, 0.2) is 0 Å². The van der Waals surface area contributed by atoms with E-state index in [-0.39, 0.29) is 30.7 Å². The molecule has 1 N–H and O–H groups in total. The van der Waals surface area contributed by atoms with Crippen molar-refractivity contribution in [2.24, 2.45) is 0 Å². The third-order valence-corrected chi connectivity index (χ3v) is 4.19. The van der Waals surface area contributed by atoms with Crippen molar-refractivity contribution >= 4 is 54.2 Å². The number of amides is 1. The Labute approximate surface area is 162 Å². The maximum absolute atomic E-state index is 11.8. The molecule has 0 aliphatic heterocycles. The highest BCUT2D eigenvalue weighted by Gasteiger charge is 2.01. The molecule has 0 atom stereocenters. The number of nitrogens with zero attached hydrogens (tertiary/aromatic N) is 3. The molecule has 0 aromatic carbocycles. The number of aromatic nitrogens is 3. The fraction of sp³-hybridized carbons (Fsp3) is 0.118. The van der Waals surface area contributed by atoms with Gasteiger partial charge in [0.25, 0.3) is 0 Å². The summed E-state index contributed by atoms with van der Waals surface area (Å²) in [7, 11) is 0. The van der Waals surface area contributed by atoms with Gasteiger partial charge >= 0.3 is 0 Å². The fourth-order valence-corrected chi connectivity index (χ4v) is 2.96. The number of pyridine rings is 2. The van der Waals surface area contributed by atoms with Crippen molar-refractivity contribution in [2.75, 3.05) is 12.3 Å². The van der Waals surface area contributed by atoms with Crippen LogP contribution in [0.1, 0.15) is 5.56 Å². The van der Waals surface area contributed by atoms with Gasteiger partial charge in [-0.2, -0.15) is 0 Å². The Morgan fingerprint density at radius 1 is 1.20 bits per heavy atom. The topological polar surface area (TPSA) is 59.3 Å². The number of rotatable bonds is 6. The zero-order chi connectivity index (χ0) is 15.9. The average Bonchev–Trinajstić information content (AvgIpc) is 3.07. The smallest absolute Gasteiger partial charge is 0.244 e. The summed E-state index contributed by atoms with van der Waals surface area (Å²) in [6.45, 7) is 0.603. The SMILES string of the molecule is Cl.Cl.O=C(C=Cc1cccnc1)NCCSc1cccc2nccn12. The molecule has 5 nitrogen and oxygen atoms in total. The molecule has 3 heterocycles. The Balaban J connectivity index is 0.00000156. The number of carbonyl (C=O) groups excluding carboxylic acids is 1. The van der Waals surface area contributed by atoms with Crippen molar-refractivity contribution < 1.29 is 4.79 Å². The van der Waals surface area contributed by atoms with E-state index in [4.69, 9.17) is 0 Å². The summed E-state index contributed by atoms with van der Waals surface area (Å²) >= 11 is 1.69. The molecule has 0 fully saturated rings. The number of nitrogens with one attached hydrogen (secondary N) is 1. The number of thioether (sulfide) groups is 1. The van der Waals surface area contributed by atoms with Crippen molar-refractivity contribution in [1.82, 2.24) is 19.7 Å². The maximum atomic E-state index is 11.8. The molecule has 0 aliphatic carbocycles. The number of halogens is 2. The number of hydrogen-bond acceptors (Lipinski definition) is 4. The summed E-state index contributed by atoms with van der Waals surface area (Å²) < 4.78 is 2.04. The second-order valence-corrected chi connectivity index (χ2v) is 5.89. The summed E-state index contributed by atoms with van der Waals surface area (Å²) in [4.78, 5) is 20.0. The van der Waals surface area contributed by atoms with E-state index in [1.54, 1.807) is 36.4 Å². The Kier molecular flexibility index (Phi) is 9.05. The molecule has 3 aromatic heterocycles. The van der Waals surface area contributed by atoms with Crippen LogP contribution in [0.4, 0.5) is 0 Å². The number of carbonyl (C=O) groups is 1. The van der Waals surface area contributed by atoms with E-state index in [0.717, 1.165) is 22.0 Å². The summed E-state index contributed by atoms with van der Waals surface area (Å²) in [6, 6.07) is 9.74. The van der Waals surface area contributed by atoms with E-state index in [2.05, 4.69) is 15.3 Å². The first-order chi connectivity index (χ1) is 11.3. The molecule has 1 amide bonds. The molecule has 0 aliphatic rings. The Morgan fingerprint density at radius 2 is 2.08 bits per heavy atom. The van der Waals surface area contributed by atoms with Crippen LogP contribution in [-0.2, 0) is 4.79 Å². The molecular weight excluding hydrogens is 379 g/mol. The molecule has 0 radical (unpaired) electrons. The lowest BCUT2D eigenvalue weighted by Gasteiger charge is -2.05. The molecule has 0 spiro atoms. The van der Waals surface area contributed by atoms with Crippen molar-refractivity contribution in [1.29, 1.82) is 0 Å². The first-order valence-corrected chi connectivity index (χ1v) is 8.22. The highest BCUT2D eigenvalue weighted by atomic mass is 35.5. The third-order valence-electron chi connectivity index (χ3n) is 3.15. The van der Waals surface area contributed by atoms with Crippen LogP contribution in [0, 0.1) is 0 Å². The Morgan fingerprint density at radius 3 is 2.88 bits per heavy atom. The van der Waals surface area contributed by atoms with Gasteiger partial charge in [0, 0.05) is 43.2 Å². The van der Waals surface area contributed by atoms with Gasteiger partial charge in [-0.05, 0) is 29.8 Å². The minimum Gasteiger partial charge on any atom is -0.352 e. The molecule has 25 heavy (non-hydrogen) atoms. The van der Waals surface area contributed by atoms with Crippen molar-refractivity contribution in [3.8, 4) is 0 Å². The molecule has 0 bridgehead atoms. The minimum absolute atomic E-state index is 0. The van der Waals surface area contributed by atoms with Crippen LogP contribution in [-0.4, -0.2) is 32.6 Å². The fourth-order valence-electron chi connectivity index (χ4n) is 2.07. The molecule has 0 saturated carbocycles. The van der Waals surface area contributed by atoms with E-state index in [1.807, 2.05) is 40.9 Å². The zero-order valence-electron chi connectivity index (χ0n) is 13.2. The van der Waals surface area contributed by atoms with Crippen molar-refractivity contribution in [2.45, 2.75) is 5.03 Å². The molecular formula is C17H18Cl2N4OS. The van der Waals surface area contributed by atoms with Crippen LogP contribution in [0.15, 0.2) is 66.2 Å². The lowest BCUT2D eigenvalue weighted by atomic mass is 10.2. The van der Waals surface area contributed by atoms with Gasteiger partial charge in [0.1, 0.15) is 5.65 Å². The first-order valence-electron chi connectivity index (χ1n) is 7.24. The standard InChI is InChI=1S/C17H16N4OS.2ClH/c22-16(7-6-14-3-2-8-18-13-14)20-10-12-23-17-5-1-4-15-19-9-11-21(15)17;;/h1-9,11,13H,10,12H2,(H,20,22);2*1H. The molecule has 132 valence electrons. The highest BCUT2D eigenvalue weighted by Crippen LogP contribution is 2.18. The van der Waals surface area contributed by atoms with E-state index < -0.39 is 0 Å². The van der Waals surface area contributed by atoms with Gasteiger partial charge in [-0.3, -0.25) is 14.2 Å². The van der Waals surface area contributed by atoms with E-state index in [0.29, 0.717) is 6.54 Å². The van der Waals surface area contributed by atoms with Crippen LogP contribution in [0.2, 0.25) is 0 Å². The predicted molar refractivity (Wildman–Crippen MR) is 107 cm³/mol. The van der Waals surface area contributed by atoms with Gasteiger partial charge in [0.2, 0.25) is 5.91 Å².